The van der Waals surface area contributed by atoms with Gasteiger partial charge in [-0.2, -0.15) is 0 Å². The fourth-order valence-corrected chi connectivity index (χ4v) is 1.83. The van der Waals surface area contributed by atoms with E-state index in [0.717, 1.165) is 17.6 Å². The number of imidazole rings is 1. The summed E-state index contributed by atoms with van der Waals surface area (Å²) in [6.45, 7) is 1.15. The highest BCUT2D eigenvalue weighted by molar-refractivity contribution is 9.10. The van der Waals surface area contributed by atoms with E-state index in [1.165, 1.54) is 18.7 Å². The molecule has 1 aromatic rings. The van der Waals surface area contributed by atoms with Crippen molar-refractivity contribution in [2.75, 3.05) is 0 Å². The Morgan fingerprint density at radius 1 is 1.50 bits per heavy atom. The third-order valence-corrected chi connectivity index (χ3v) is 2.26. The fraction of sp³-hybridized carbons (Fsp3) is 0.571. The van der Waals surface area contributed by atoms with Crippen LogP contribution in [-0.4, -0.2) is 9.55 Å². The van der Waals surface area contributed by atoms with Gasteiger partial charge in [0.25, 0.3) is 0 Å². The van der Waals surface area contributed by atoms with Crippen LogP contribution in [0.4, 0.5) is 0 Å². The molecular weight excluding hydrogens is 192 g/mol. The Kier molecular flexibility index (Phi) is 1.52. The molecule has 0 fully saturated rings. The van der Waals surface area contributed by atoms with Gasteiger partial charge in [-0.25, -0.2) is 4.98 Å². The van der Waals surface area contributed by atoms with Crippen LogP contribution < -0.4 is 0 Å². The molecule has 0 N–H and O–H groups in total. The first-order valence-corrected chi connectivity index (χ1v) is 4.37. The Bertz CT molecular complexity index is 218. The second-order valence-corrected chi connectivity index (χ2v) is 3.44. The van der Waals surface area contributed by atoms with Crippen LogP contribution in [0.1, 0.15) is 18.7 Å². The highest BCUT2D eigenvalue weighted by atomic mass is 79.9. The standard InChI is InChI=1S/C7H9BrN2/c8-6-5-10-4-2-1-3-7(10)9-6/h5H,1-4H2. The molecule has 0 bridgehead atoms. The number of rotatable bonds is 0. The summed E-state index contributed by atoms with van der Waals surface area (Å²) in [7, 11) is 0. The average molecular weight is 201 g/mol. The summed E-state index contributed by atoms with van der Waals surface area (Å²) in [5, 5.41) is 0. The quantitative estimate of drug-likeness (QED) is 0.627. The maximum atomic E-state index is 4.33. The predicted octanol–water partition coefficient (Wildman–Crippen LogP) is 1.98. The largest absolute Gasteiger partial charge is 0.334 e. The molecule has 0 aliphatic carbocycles. The molecule has 10 heavy (non-hydrogen) atoms. The second-order valence-electron chi connectivity index (χ2n) is 2.63. The average Bonchev–Trinajstić information content (AvgIpc) is 2.27. The lowest BCUT2D eigenvalue weighted by molar-refractivity contribution is 0.522. The zero-order valence-corrected chi connectivity index (χ0v) is 7.26. The Hall–Kier alpha value is -0.310. The van der Waals surface area contributed by atoms with Crippen molar-refractivity contribution < 1.29 is 0 Å². The first kappa shape index (κ1) is 6.40. The Morgan fingerprint density at radius 3 is 3.20 bits per heavy atom. The van der Waals surface area contributed by atoms with E-state index in [9.17, 15) is 0 Å². The van der Waals surface area contributed by atoms with Gasteiger partial charge >= 0.3 is 0 Å². The summed E-state index contributed by atoms with van der Waals surface area (Å²) < 4.78 is 3.21. The van der Waals surface area contributed by atoms with Crippen molar-refractivity contribution in [1.29, 1.82) is 0 Å². The molecule has 3 heteroatoms. The van der Waals surface area contributed by atoms with Gasteiger partial charge in [0.2, 0.25) is 0 Å². The Balaban J connectivity index is 2.41. The number of halogens is 1. The highest BCUT2D eigenvalue weighted by Crippen LogP contribution is 2.16. The first-order valence-electron chi connectivity index (χ1n) is 3.58. The summed E-state index contributed by atoms with van der Waals surface area (Å²) in [6.07, 6.45) is 5.80. The van der Waals surface area contributed by atoms with Gasteiger partial charge in [-0.15, -0.1) is 0 Å². The van der Waals surface area contributed by atoms with Gasteiger partial charge in [0.1, 0.15) is 10.4 Å². The summed E-state index contributed by atoms with van der Waals surface area (Å²) in [6, 6.07) is 0. The van der Waals surface area contributed by atoms with E-state index in [1.54, 1.807) is 0 Å². The molecule has 54 valence electrons. The minimum atomic E-state index is 0.976. The lowest BCUT2D eigenvalue weighted by Crippen LogP contribution is -2.08. The predicted molar refractivity (Wildman–Crippen MR) is 42.9 cm³/mol. The number of aromatic nitrogens is 2. The SMILES string of the molecule is Brc1cn2c(n1)CCCC2. The molecule has 0 spiro atoms. The minimum absolute atomic E-state index is 0.976. The van der Waals surface area contributed by atoms with Gasteiger partial charge in [-0.1, -0.05) is 0 Å². The molecule has 0 aromatic carbocycles. The lowest BCUT2D eigenvalue weighted by Gasteiger charge is -2.11. The van der Waals surface area contributed by atoms with Crippen LogP contribution in [0.2, 0.25) is 0 Å². The van der Waals surface area contributed by atoms with E-state index in [-0.39, 0.29) is 0 Å². The number of aryl methyl sites for hydroxylation is 2. The van der Waals surface area contributed by atoms with Crippen molar-refractivity contribution in [3.63, 3.8) is 0 Å². The number of hydrogen-bond donors (Lipinski definition) is 0. The van der Waals surface area contributed by atoms with Crippen LogP contribution in [0.15, 0.2) is 10.8 Å². The Labute approximate surface area is 68.4 Å². The molecule has 0 amide bonds. The third kappa shape index (κ3) is 0.985. The van der Waals surface area contributed by atoms with Crippen LogP contribution >= 0.6 is 15.9 Å². The molecule has 0 atom stereocenters. The van der Waals surface area contributed by atoms with E-state index in [1.807, 2.05) is 0 Å². The smallest absolute Gasteiger partial charge is 0.124 e. The number of nitrogens with zero attached hydrogens (tertiary/aromatic N) is 2. The van der Waals surface area contributed by atoms with Gasteiger partial charge in [-0.05, 0) is 28.8 Å². The normalized spacial score (nSPS) is 16.9. The van der Waals surface area contributed by atoms with Crippen molar-refractivity contribution in [2.24, 2.45) is 0 Å². The van der Waals surface area contributed by atoms with Gasteiger partial charge in [-0.3, -0.25) is 0 Å². The van der Waals surface area contributed by atoms with Crippen molar-refractivity contribution in [3.05, 3.63) is 16.6 Å². The van der Waals surface area contributed by atoms with Crippen molar-refractivity contribution >= 4 is 15.9 Å². The molecule has 1 aliphatic rings. The summed E-state index contributed by atoms with van der Waals surface area (Å²) in [5.74, 6) is 1.23. The van der Waals surface area contributed by atoms with Crippen LogP contribution in [0.3, 0.4) is 0 Å². The van der Waals surface area contributed by atoms with Crippen molar-refractivity contribution in [3.8, 4) is 0 Å². The molecule has 1 aliphatic heterocycles. The van der Waals surface area contributed by atoms with Gasteiger partial charge in [0.05, 0.1) is 0 Å². The van der Waals surface area contributed by atoms with E-state index < -0.39 is 0 Å². The van der Waals surface area contributed by atoms with E-state index in [0.29, 0.717) is 0 Å². The van der Waals surface area contributed by atoms with Gasteiger partial charge < -0.3 is 4.57 Å². The topological polar surface area (TPSA) is 17.8 Å². The zero-order chi connectivity index (χ0) is 6.97. The first-order chi connectivity index (χ1) is 4.86. The molecule has 2 nitrogen and oxygen atoms in total. The fourth-order valence-electron chi connectivity index (χ4n) is 1.38. The molecular formula is C7H9BrN2. The molecule has 1 aromatic heterocycles. The van der Waals surface area contributed by atoms with E-state index in [4.69, 9.17) is 0 Å². The summed E-state index contributed by atoms with van der Waals surface area (Å²) in [4.78, 5) is 4.33. The van der Waals surface area contributed by atoms with Crippen LogP contribution in [-0.2, 0) is 13.0 Å². The molecule has 0 unspecified atom stereocenters. The molecule has 2 rings (SSSR count). The van der Waals surface area contributed by atoms with Crippen LogP contribution in [0.5, 0.6) is 0 Å². The third-order valence-electron chi connectivity index (χ3n) is 1.88. The van der Waals surface area contributed by atoms with Crippen molar-refractivity contribution in [1.82, 2.24) is 9.55 Å². The molecule has 2 heterocycles. The maximum absolute atomic E-state index is 4.33. The molecule has 0 saturated carbocycles. The number of fused-ring (bicyclic) bond motifs is 1. The van der Waals surface area contributed by atoms with E-state index in [2.05, 4.69) is 31.7 Å². The lowest BCUT2D eigenvalue weighted by atomic mass is 10.2. The van der Waals surface area contributed by atoms with Gasteiger partial charge in [0, 0.05) is 19.2 Å². The number of hydrogen-bond acceptors (Lipinski definition) is 1. The molecule has 0 saturated heterocycles. The maximum Gasteiger partial charge on any atom is 0.124 e. The second kappa shape index (κ2) is 2.38. The minimum Gasteiger partial charge on any atom is -0.334 e. The summed E-state index contributed by atoms with van der Waals surface area (Å²) in [5.41, 5.74) is 0. The Morgan fingerprint density at radius 2 is 2.40 bits per heavy atom. The van der Waals surface area contributed by atoms with Crippen LogP contribution in [0, 0.1) is 0 Å². The highest BCUT2D eigenvalue weighted by Gasteiger charge is 2.09. The van der Waals surface area contributed by atoms with Crippen molar-refractivity contribution in [2.45, 2.75) is 25.8 Å². The zero-order valence-electron chi connectivity index (χ0n) is 5.68. The molecule has 0 radical (unpaired) electrons. The van der Waals surface area contributed by atoms with E-state index >= 15 is 0 Å². The van der Waals surface area contributed by atoms with Gasteiger partial charge in [0.15, 0.2) is 0 Å². The van der Waals surface area contributed by atoms with Crippen LogP contribution in [0.25, 0.3) is 0 Å². The summed E-state index contributed by atoms with van der Waals surface area (Å²) >= 11 is 3.36. The monoisotopic (exact) mass is 200 g/mol.